The summed E-state index contributed by atoms with van der Waals surface area (Å²) >= 11 is 0. The number of nitrogens with zero attached hydrogens (tertiary/aromatic N) is 2. The van der Waals surface area contributed by atoms with Gasteiger partial charge in [-0.2, -0.15) is 0 Å². The van der Waals surface area contributed by atoms with Crippen molar-refractivity contribution in [2.45, 2.75) is 19.9 Å². The number of benzene rings is 1. The Morgan fingerprint density at radius 2 is 2.00 bits per heavy atom. The van der Waals surface area contributed by atoms with Crippen molar-refractivity contribution in [1.82, 2.24) is 14.9 Å². The number of hydrogen-bond acceptors (Lipinski definition) is 4. The second-order valence-electron chi connectivity index (χ2n) is 4.90. The molecule has 0 unspecified atom stereocenters. The number of imidazole rings is 1. The third-order valence-corrected chi connectivity index (χ3v) is 4.16. The molecule has 20 heavy (non-hydrogen) atoms. The van der Waals surface area contributed by atoms with Crippen molar-refractivity contribution in [3.63, 3.8) is 0 Å². The summed E-state index contributed by atoms with van der Waals surface area (Å²) in [6.07, 6.45) is 2.14. The summed E-state index contributed by atoms with van der Waals surface area (Å²) in [6.45, 7) is 4.12. The minimum atomic E-state index is -2.89. The van der Waals surface area contributed by atoms with E-state index in [9.17, 15) is 8.42 Å². The van der Waals surface area contributed by atoms with Crippen LogP contribution in [0, 0.1) is 0 Å². The second-order valence-corrected chi connectivity index (χ2v) is 7.16. The highest BCUT2D eigenvalue weighted by Crippen LogP contribution is 2.15. The fourth-order valence-corrected chi connectivity index (χ4v) is 2.73. The molecular formula is C14H21N3O2S. The number of fused-ring (bicyclic) bond motifs is 1. The molecule has 0 bridgehead atoms. The van der Waals surface area contributed by atoms with E-state index in [2.05, 4.69) is 27.9 Å². The Bertz CT molecular complexity index is 677. The largest absolute Gasteiger partial charge is 0.327 e. The van der Waals surface area contributed by atoms with Crippen molar-refractivity contribution in [3.8, 4) is 0 Å². The van der Waals surface area contributed by atoms with E-state index in [4.69, 9.17) is 0 Å². The lowest BCUT2D eigenvalue weighted by Gasteiger charge is -2.09. The van der Waals surface area contributed by atoms with Gasteiger partial charge in [-0.3, -0.25) is 0 Å². The van der Waals surface area contributed by atoms with Gasteiger partial charge in [0, 0.05) is 32.3 Å². The van der Waals surface area contributed by atoms with Crippen molar-refractivity contribution < 1.29 is 8.42 Å². The summed E-state index contributed by atoms with van der Waals surface area (Å²) in [5, 5.41) is 3.17. The summed E-state index contributed by atoms with van der Waals surface area (Å²) in [6, 6.07) is 8.08. The van der Waals surface area contributed by atoms with Gasteiger partial charge in [0.15, 0.2) is 0 Å². The van der Waals surface area contributed by atoms with E-state index in [1.54, 1.807) is 0 Å². The molecule has 1 aromatic heterocycles. The lowest BCUT2D eigenvalue weighted by molar-refractivity contribution is 0.584. The SMILES string of the molecule is CCc1nc2ccccc2n1CCNCCS(C)(=O)=O. The number of para-hydroxylation sites is 2. The minimum Gasteiger partial charge on any atom is -0.327 e. The number of hydrogen-bond donors (Lipinski definition) is 1. The Balaban J connectivity index is 1.99. The quantitative estimate of drug-likeness (QED) is 0.780. The van der Waals surface area contributed by atoms with Gasteiger partial charge in [0.05, 0.1) is 16.8 Å². The van der Waals surface area contributed by atoms with Gasteiger partial charge in [0.2, 0.25) is 0 Å². The third-order valence-electron chi connectivity index (χ3n) is 3.21. The Labute approximate surface area is 119 Å². The Kier molecular flexibility index (Phi) is 4.77. The number of aromatic nitrogens is 2. The van der Waals surface area contributed by atoms with Gasteiger partial charge in [-0.05, 0) is 12.1 Å². The average Bonchev–Trinajstić information content (AvgIpc) is 2.75. The third kappa shape index (κ3) is 3.80. The van der Waals surface area contributed by atoms with Crippen LogP contribution in [0.2, 0.25) is 0 Å². The van der Waals surface area contributed by atoms with Crippen LogP contribution in [0.5, 0.6) is 0 Å². The molecule has 0 atom stereocenters. The molecule has 2 aromatic rings. The van der Waals surface area contributed by atoms with E-state index in [1.165, 1.54) is 6.26 Å². The van der Waals surface area contributed by atoms with Gasteiger partial charge < -0.3 is 9.88 Å². The number of rotatable bonds is 7. The first-order valence-corrected chi connectivity index (χ1v) is 8.90. The Morgan fingerprint density at radius 3 is 2.70 bits per heavy atom. The second kappa shape index (κ2) is 6.37. The highest BCUT2D eigenvalue weighted by molar-refractivity contribution is 7.90. The van der Waals surface area contributed by atoms with Crippen LogP contribution in [-0.4, -0.2) is 43.1 Å². The van der Waals surface area contributed by atoms with E-state index in [0.717, 1.165) is 36.4 Å². The van der Waals surface area contributed by atoms with Crippen molar-refractivity contribution in [3.05, 3.63) is 30.1 Å². The normalized spacial score (nSPS) is 12.1. The summed E-state index contributed by atoms with van der Waals surface area (Å²) in [5.74, 6) is 1.24. The van der Waals surface area contributed by atoms with Crippen molar-refractivity contribution in [2.75, 3.05) is 25.1 Å². The molecule has 0 saturated carbocycles. The molecule has 1 heterocycles. The molecule has 0 saturated heterocycles. The zero-order valence-corrected chi connectivity index (χ0v) is 12.8. The van der Waals surface area contributed by atoms with Crippen LogP contribution in [0.1, 0.15) is 12.7 Å². The molecule has 1 N–H and O–H groups in total. The van der Waals surface area contributed by atoms with Crippen LogP contribution >= 0.6 is 0 Å². The topological polar surface area (TPSA) is 64.0 Å². The number of sulfone groups is 1. The number of aryl methyl sites for hydroxylation is 1. The molecule has 6 heteroatoms. The van der Waals surface area contributed by atoms with Crippen LogP contribution in [0.4, 0.5) is 0 Å². The first-order valence-electron chi connectivity index (χ1n) is 6.84. The molecule has 2 rings (SSSR count). The van der Waals surface area contributed by atoms with Gasteiger partial charge in [-0.1, -0.05) is 19.1 Å². The highest BCUT2D eigenvalue weighted by Gasteiger charge is 2.08. The maximum Gasteiger partial charge on any atom is 0.148 e. The summed E-state index contributed by atoms with van der Waals surface area (Å²) in [4.78, 5) is 4.61. The Hall–Kier alpha value is -1.40. The van der Waals surface area contributed by atoms with Gasteiger partial charge in [0.25, 0.3) is 0 Å². The lowest BCUT2D eigenvalue weighted by Crippen LogP contribution is -2.26. The lowest BCUT2D eigenvalue weighted by atomic mass is 10.3. The monoisotopic (exact) mass is 295 g/mol. The molecule has 0 amide bonds. The first kappa shape index (κ1) is 15.0. The first-order chi connectivity index (χ1) is 9.51. The molecule has 0 spiro atoms. The molecule has 0 fully saturated rings. The molecule has 5 nitrogen and oxygen atoms in total. The predicted molar refractivity (Wildman–Crippen MR) is 81.7 cm³/mol. The van der Waals surface area contributed by atoms with Crippen LogP contribution < -0.4 is 5.32 Å². The highest BCUT2D eigenvalue weighted by atomic mass is 32.2. The fraction of sp³-hybridized carbons (Fsp3) is 0.500. The van der Waals surface area contributed by atoms with Crippen LogP contribution in [0.3, 0.4) is 0 Å². The fourth-order valence-electron chi connectivity index (χ4n) is 2.22. The molecule has 0 aliphatic heterocycles. The standard InChI is InChI=1S/C14H21N3O2S/c1-3-14-16-12-6-4-5-7-13(12)17(14)10-8-15-9-11-20(2,18)19/h4-7,15H,3,8-11H2,1-2H3. The molecule has 1 aromatic carbocycles. The van der Waals surface area contributed by atoms with Crippen LogP contribution in [-0.2, 0) is 22.8 Å². The van der Waals surface area contributed by atoms with E-state index >= 15 is 0 Å². The average molecular weight is 295 g/mol. The van der Waals surface area contributed by atoms with Crippen molar-refractivity contribution >= 4 is 20.9 Å². The minimum absolute atomic E-state index is 0.179. The van der Waals surface area contributed by atoms with Crippen molar-refractivity contribution in [2.24, 2.45) is 0 Å². The van der Waals surface area contributed by atoms with Gasteiger partial charge >= 0.3 is 0 Å². The van der Waals surface area contributed by atoms with Gasteiger partial charge in [0.1, 0.15) is 15.7 Å². The molecular weight excluding hydrogens is 274 g/mol. The maximum atomic E-state index is 11.0. The maximum absolute atomic E-state index is 11.0. The van der Waals surface area contributed by atoms with Crippen LogP contribution in [0.15, 0.2) is 24.3 Å². The molecule has 0 aliphatic carbocycles. The molecule has 0 radical (unpaired) electrons. The van der Waals surface area contributed by atoms with Gasteiger partial charge in [-0.15, -0.1) is 0 Å². The molecule has 0 aliphatic rings. The zero-order valence-electron chi connectivity index (χ0n) is 12.0. The van der Waals surface area contributed by atoms with Gasteiger partial charge in [-0.25, -0.2) is 13.4 Å². The summed E-state index contributed by atoms with van der Waals surface area (Å²) < 4.78 is 24.3. The molecule has 110 valence electrons. The number of nitrogens with one attached hydrogen (secondary N) is 1. The Morgan fingerprint density at radius 1 is 1.25 bits per heavy atom. The van der Waals surface area contributed by atoms with Crippen LogP contribution in [0.25, 0.3) is 11.0 Å². The summed E-state index contributed by atoms with van der Waals surface area (Å²) in [5.41, 5.74) is 2.15. The van der Waals surface area contributed by atoms with E-state index in [1.807, 2.05) is 18.2 Å². The smallest absolute Gasteiger partial charge is 0.148 e. The zero-order chi connectivity index (χ0) is 14.6. The predicted octanol–water partition coefficient (Wildman–Crippen LogP) is 1.23. The van der Waals surface area contributed by atoms with E-state index in [-0.39, 0.29) is 5.75 Å². The summed E-state index contributed by atoms with van der Waals surface area (Å²) in [7, 11) is -2.89. The van der Waals surface area contributed by atoms with E-state index in [0.29, 0.717) is 6.54 Å². The van der Waals surface area contributed by atoms with Crippen molar-refractivity contribution in [1.29, 1.82) is 0 Å². The van der Waals surface area contributed by atoms with E-state index < -0.39 is 9.84 Å².